The number of carbonyl (C=O) groups is 9. The third-order valence-electron chi connectivity index (χ3n) is 14.1. The van der Waals surface area contributed by atoms with Gasteiger partial charge in [0, 0.05) is 34.3 Å². The molecule has 0 aliphatic carbocycles. The van der Waals surface area contributed by atoms with Gasteiger partial charge < -0.3 is 52.5 Å². The molecule has 117 heavy (non-hydrogen) atoms. The number of ether oxygens (including phenoxy) is 10. The summed E-state index contributed by atoms with van der Waals surface area (Å²) in [6, 6.07) is 0. The van der Waals surface area contributed by atoms with Crippen LogP contribution in [0.1, 0.15) is 166 Å². The second-order valence-electron chi connectivity index (χ2n) is 29.5. The number of hydrogen-bond acceptors (Lipinski definition) is 20. The van der Waals surface area contributed by atoms with Gasteiger partial charge in [-0.3, -0.25) is 14.4 Å². The summed E-state index contributed by atoms with van der Waals surface area (Å²) in [7, 11) is 0. The summed E-state index contributed by atoms with van der Waals surface area (Å²) in [5, 5.41) is 8.56. The summed E-state index contributed by atoms with van der Waals surface area (Å²) in [5.41, 5.74) is -43.9. The van der Waals surface area contributed by atoms with E-state index in [0.29, 0.717) is 55.4 Å². The molecule has 0 saturated heterocycles. The SMILES string of the molecule is C=C(C)C(=O)OC(C)(C)C(OC(=O)C(C)(C)C)(C(F)(F)F)C(F)(F)F.C=C(C)C(=O)OC(C)(C)C(OC(=O)C(C)C)(C(F)(F)F)C(F)(F)F.C=C(C)C(=O)OC(C)(C)C(OC(=O)CC(C)C)(C(F)(F)F)C(F)(F)F.C=C(C)C(=O)OC(C)(C)C(OC(=O)OC(C)(C)C)(C(F)(F)F)C(F)(F)F.C=C(C)C(=O)OCC(O)(C(F)(F)F)C(F)(F)F. The molecule has 0 aromatic rings. The number of carbonyl (C=O) groups excluding carboxylic acids is 9. The standard InChI is InChI=1S/C15H20F6O5.2C15H20F6O4.C14H18F6O4.C8H8F6O3/c1-8(2)9(22)24-12(6,7)13(14(16,17)18,15(19,20)21)26-10(23)25-11(3,4)5;1-8(2)9(22)24-12(6,7)13(14(16,17)18,15(19,20)21)25-10(23)11(3,4)5;1-8(2)7-10(22)24-13(14(16,17)18,15(19,20)21)12(5,6)25-11(23)9(3)4;1-7(2)9(21)23-11(5,6)12(13(15,16)17,14(18,19)20)24-10(22)8(3)4;1-4(2)5(15)17-3-6(16,7(9,10)11)8(12,13)14/h1H2,2-7H3;1H2,2-7H3;8H,3,7H2,1-2,4-6H3;8H,1H2,2-6H3;16H,1,3H2,2H3. The van der Waals surface area contributed by atoms with Gasteiger partial charge in [0.2, 0.25) is 0 Å². The van der Waals surface area contributed by atoms with Crippen molar-refractivity contribution >= 4 is 53.9 Å². The third-order valence-corrected chi connectivity index (χ3v) is 14.1. The molecule has 684 valence electrons. The van der Waals surface area contributed by atoms with E-state index in [1.54, 1.807) is 0 Å². The van der Waals surface area contributed by atoms with Crippen molar-refractivity contribution in [3.63, 3.8) is 0 Å². The van der Waals surface area contributed by atoms with Crippen molar-refractivity contribution in [2.24, 2.45) is 17.3 Å². The van der Waals surface area contributed by atoms with Crippen LogP contribution in [0.5, 0.6) is 0 Å². The van der Waals surface area contributed by atoms with Gasteiger partial charge in [0.25, 0.3) is 5.60 Å². The molecule has 0 aromatic carbocycles. The van der Waals surface area contributed by atoms with Gasteiger partial charge in [0.15, 0.2) is 22.4 Å². The second-order valence-corrected chi connectivity index (χ2v) is 29.5. The molecular weight excluding hydrogens is 1690 g/mol. The van der Waals surface area contributed by atoms with Crippen LogP contribution < -0.4 is 0 Å². The van der Waals surface area contributed by atoms with E-state index in [4.69, 9.17) is 5.11 Å². The van der Waals surface area contributed by atoms with Crippen molar-refractivity contribution in [2.45, 2.75) is 283 Å². The maximum absolute atomic E-state index is 13.6. The van der Waals surface area contributed by atoms with E-state index in [9.17, 15) is 175 Å². The topological polar surface area (TPSA) is 266 Å². The van der Waals surface area contributed by atoms with Crippen LogP contribution in [0.25, 0.3) is 0 Å². The summed E-state index contributed by atoms with van der Waals surface area (Å²) in [4.78, 5) is 103. The van der Waals surface area contributed by atoms with Crippen LogP contribution in [0.4, 0.5) is 137 Å². The average Bonchev–Trinajstić information content (AvgIpc) is 0.732. The molecule has 20 nitrogen and oxygen atoms in total. The number of rotatable bonds is 22. The highest BCUT2D eigenvalue weighted by Gasteiger charge is 2.86. The summed E-state index contributed by atoms with van der Waals surface area (Å²) in [5.74, 6) is -14.5. The third kappa shape index (κ3) is 29.2. The van der Waals surface area contributed by atoms with E-state index in [0.717, 1.165) is 69.2 Å². The molecule has 0 spiro atoms. The van der Waals surface area contributed by atoms with Crippen LogP contribution in [0.2, 0.25) is 0 Å². The predicted octanol–water partition coefficient (Wildman–Crippen LogP) is 19.3. The van der Waals surface area contributed by atoms with Crippen LogP contribution in [0.3, 0.4) is 0 Å². The minimum atomic E-state index is -6.19. The molecule has 0 aliphatic rings. The molecule has 1 N–H and O–H groups in total. The minimum absolute atomic E-state index is 0.319. The van der Waals surface area contributed by atoms with Gasteiger partial charge in [-0.1, -0.05) is 60.6 Å². The van der Waals surface area contributed by atoms with Gasteiger partial charge >= 0.3 is 138 Å². The zero-order valence-electron chi connectivity index (χ0n) is 66.1. The van der Waals surface area contributed by atoms with E-state index < -0.39 is 230 Å². The number of esters is 8. The maximum atomic E-state index is 13.6. The van der Waals surface area contributed by atoms with E-state index >= 15 is 0 Å². The van der Waals surface area contributed by atoms with Crippen molar-refractivity contribution in [3.8, 4) is 0 Å². The van der Waals surface area contributed by atoms with E-state index in [2.05, 4.69) is 80.3 Å². The monoisotopic (exact) mass is 1780 g/mol. The first-order chi connectivity index (χ1) is 50.5. The van der Waals surface area contributed by atoms with Crippen LogP contribution in [-0.2, 0) is 85.7 Å². The fourth-order valence-electron chi connectivity index (χ4n) is 8.01. The highest BCUT2D eigenvalue weighted by molar-refractivity contribution is 5.89. The molecule has 0 rings (SSSR count). The Morgan fingerprint density at radius 1 is 0.299 bits per heavy atom. The van der Waals surface area contributed by atoms with Crippen LogP contribution in [0.15, 0.2) is 60.8 Å². The van der Waals surface area contributed by atoms with Crippen molar-refractivity contribution in [1.29, 1.82) is 0 Å². The predicted molar refractivity (Wildman–Crippen MR) is 341 cm³/mol. The Morgan fingerprint density at radius 2 is 0.513 bits per heavy atom. The highest BCUT2D eigenvalue weighted by atomic mass is 19.5. The van der Waals surface area contributed by atoms with Gasteiger partial charge in [-0.05, 0) is 137 Å². The van der Waals surface area contributed by atoms with Gasteiger partial charge in [-0.2, -0.15) is 132 Å². The lowest BCUT2D eigenvalue weighted by Gasteiger charge is -2.46. The Bertz CT molecular complexity index is 3470. The molecule has 0 unspecified atom stereocenters. The number of halogens is 30. The minimum Gasteiger partial charge on any atom is -0.459 e. The first-order valence-corrected chi connectivity index (χ1v) is 31.9. The molecule has 0 atom stereocenters. The molecule has 0 bridgehead atoms. The maximum Gasteiger partial charge on any atom is 0.510 e. The number of aliphatic hydroxyl groups is 1. The normalized spacial score (nSPS) is 13.7. The molecule has 0 radical (unpaired) electrons. The smallest absolute Gasteiger partial charge is 0.459 e. The Morgan fingerprint density at radius 3 is 0.692 bits per heavy atom. The fourth-order valence-corrected chi connectivity index (χ4v) is 8.01. The lowest BCUT2D eigenvalue weighted by atomic mass is 9.82. The molecule has 0 aromatic heterocycles. The lowest BCUT2D eigenvalue weighted by molar-refractivity contribution is -0.409. The zero-order chi connectivity index (χ0) is 96.2. The van der Waals surface area contributed by atoms with Crippen LogP contribution >= 0.6 is 0 Å². The zero-order valence-corrected chi connectivity index (χ0v) is 66.1. The Labute approximate surface area is 648 Å². The molecule has 0 heterocycles. The van der Waals surface area contributed by atoms with E-state index in [1.165, 1.54) is 34.6 Å². The lowest BCUT2D eigenvalue weighted by Crippen LogP contribution is -2.72. The van der Waals surface area contributed by atoms with Gasteiger partial charge in [0.1, 0.15) is 12.2 Å². The van der Waals surface area contributed by atoms with Crippen LogP contribution in [-0.4, -0.2) is 183 Å². The largest absolute Gasteiger partial charge is 0.510 e. The van der Waals surface area contributed by atoms with Crippen molar-refractivity contribution in [3.05, 3.63) is 60.8 Å². The summed E-state index contributed by atoms with van der Waals surface area (Å²) >= 11 is 0. The van der Waals surface area contributed by atoms with Crippen molar-refractivity contribution < 1.29 is 227 Å². The van der Waals surface area contributed by atoms with Gasteiger partial charge in [-0.15, -0.1) is 0 Å². The van der Waals surface area contributed by atoms with Crippen molar-refractivity contribution in [1.82, 2.24) is 0 Å². The average molecular weight is 1780 g/mol. The summed E-state index contributed by atoms with van der Waals surface area (Å²) in [6.07, 6.45) is -64.0. The van der Waals surface area contributed by atoms with Crippen LogP contribution in [0, 0.1) is 17.3 Å². The van der Waals surface area contributed by atoms with E-state index in [-0.39, 0.29) is 0 Å². The Kier molecular flexibility index (Phi) is 38.8. The van der Waals surface area contributed by atoms with Gasteiger partial charge in [-0.25, -0.2) is 28.8 Å². The first-order valence-electron chi connectivity index (χ1n) is 31.9. The first kappa shape index (κ1) is 117. The van der Waals surface area contributed by atoms with Crippen molar-refractivity contribution in [2.75, 3.05) is 6.61 Å². The summed E-state index contributed by atoms with van der Waals surface area (Å²) < 4.78 is 438. The molecule has 0 amide bonds. The molecule has 0 fully saturated rings. The Balaban J connectivity index is -0.000000449. The molecule has 50 heteroatoms. The van der Waals surface area contributed by atoms with Gasteiger partial charge in [0.05, 0.1) is 11.3 Å². The Hall–Kier alpha value is -8.41. The quantitative estimate of drug-likeness (QED) is 0.0457. The molecule has 0 aliphatic heterocycles. The highest BCUT2D eigenvalue weighted by Crippen LogP contribution is 2.59. The van der Waals surface area contributed by atoms with E-state index in [1.807, 2.05) is 0 Å². The second kappa shape index (κ2) is 38.8. The number of hydrogen-bond donors (Lipinski definition) is 1. The molecular formula is C67H86F30O20. The molecule has 0 saturated carbocycles. The summed E-state index contributed by atoms with van der Waals surface area (Å²) in [6.45, 7) is 32.9. The fraction of sp³-hybridized carbons (Fsp3) is 0.716. The number of alkyl halides is 30.